The monoisotopic (exact) mass is 395 g/mol. The van der Waals surface area contributed by atoms with Crippen LogP contribution in [0.1, 0.15) is 11.5 Å². The normalized spacial score (nSPS) is 12.1. The molecule has 0 amide bonds. The summed E-state index contributed by atoms with van der Waals surface area (Å²) in [5, 5.41) is 12.3. The SMILES string of the molecule is C[S@](=O)Cc1ccc(Cl)c(NCc2nnc(-c3ccccc3Cl)o2)c1. The van der Waals surface area contributed by atoms with Crippen molar-refractivity contribution in [3.63, 3.8) is 0 Å². The highest BCUT2D eigenvalue weighted by atomic mass is 35.5. The highest BCUT2D eigenvalue weighted by molar-refractivity contribution is 7.83. The van der Waals surface area contributed by atoms with Crippen molar-refractivity contribution < 1.29 is 8.63 Å². The van der Waals surface area contributed by atoms with Crippen molar-refractivity contribution in [2.24, 2.45) is 0 Å². The quantitative estimate of drug-likeness (QED) is 0.663. The molecule has 130 valence electrons. The van der Waals surface area contributed by atoms with E-state index in [0.717, 1.165) is 11.3 Å². The maximum Gasteiger partial charge on any atom is 0.249 e. The summed E-state index contributed by atoms with van der Waals surface area (Å²) in [6.07, 6.45) is 1.66. The van der Waals surface area contributed by atoms with Crippen LogP contribution in [0.3, 0.4) is 0 Å². The lowest BCUT2D eigenvalue weighted by Gasteiger charge is -2.08. The van der Waals surface area contributed by atoms with Crippen LogP contribution in [-0.4, -0.2) is 20.7 Å². The third-order valence-corrected chi connectivity index (χ3v) is 4.80. The highest BCUT2D eigenvalue weighted by Crippen LogP contribution is 2.27. The Kier molecular flexibility index (Phi) is 5.73. The predicted molar refractivity (Wildman–Crippen MR) is 101 cm³/mol. The molecule has 8 heteroatoms. The van der Waals surface area contributed by atoms with Gasteiger partial charge in [0.1, 0.15) is 0 Å². The third kappa shape index (κ3) is 4.60. The van der Waals surface area contributed by atoms with Gasteiger partial charge in [0.15, 0.2) is 0 Å². The molecule has 0 aliphatic heterocycles. The molecule has 2 aromatic carbocycles. The maximum atomic E-state index is 11.4. The van der Waals surface area contributed by atoms with E-state index in [1.165, 1.54) is 0 Å². The summed E-state index contributed by atoms with van der Waals surface area (Å²) < 4.78 is 17.0. The smallest absolute Gasteiger partial charge is 0.249 e. The van der Waals surface area contributed by atoms with E-state index in [4.69, 9.17) is 27.6 Å². The first-order valence-electron chi connectivity index (χ1n) is 7.42. The molecule has 1 N–H and O–H groups in total. The first-order valence-corrected chi connectivity index (χ1v) is 9.91. The molecular weight excluding hydrogens is 381 g/mol. The van der Waals surface area contributed by atoms with E-state index in [2.05, 4.69) is 15.5 Å². The van der Waals surface area contributed by atoms with Gasteiger partial charge in [-0.05, 0) is 29.8 Å². The average Bonchev–Trinajstić information content (AvgIpc) is 3.04. The van der Waals surface area contributed by atoms with Crippen LogP contribution in [0.15, 0.2) is 46.9 Å². The van der Waals surface area contributed by atoms with E-state index < -0.39 is 10.8 Å². The second kappa shape index (κ2) is 7.99. The van der Waals surface area contributed by atoms with Crippen LogP contribution in [0, 0.1) is 0 Å². The highest BCUT2D eigenvalue weighted by Gasteiger charge is 2.12. The Hall–Kier alpha value is -1.89. The van der Waals surface area contributed by atoms with E-state index in [1.54, 1.807) is 18.4 Å². The fourth-order valence-electron chi connectivity index (χ4n) is 2.27. The van der Waals surface area contributed by atoms with E-state index in [1.807, 2.05) is 30.3 Å². The molecule has 1 atom stereocenters. The van der Waals surface area contributed by atoms with Crippen LogP contribution in [0.25, 0.3) is 11.5 Å². The van der Waals surface area contributed by atoms with Gasteiger partial charge in [-0.3, -0.25) is 4.21 Å². The van der Waals surface area contributed by atoms with Crippen LogP contribution in [-0.2, 0) is 23.1 Å². The number of rotatable bonds is 6. The minimum absolute atomic E-state index is 0.315. The van der Waals surface area contributed by atoms with Gasteiger partial charge >= 0.3 is 0 Å². The molecule has 3 rings (SSSR count). The zero-order valence-electron chi connectivity index (χ0n) is 13.3. The molecule has 0 aliphatic carbocycles. The van der Waals surface area contributed by atoms with Gasteiger partial charge in [-0.2, -0.15) is 0 Å². The zero-order chi connectivity index (χ0) is 17.8. The lowest BCUT2D eigenvalue weighted by Crippen LogP contribution is -2.02. The molecule has 0 spiro atoms. The topological polar surface area (TPSA) is 68.0 Å². The predicted octanol–water partition coefficient (Wildman–Crippen LogP) is 4.53. The second-order valence-corrected chi connectivity index (χ2v) is 7.62. The zero-order valence-corrected chi connectivity index (χ0v) is 15.7. The average molecular weight is 396 g/mol. The van der Waals surface area contributed by atoms with Crippen LogP contribution in [0.2, 0.25) is 10.0 Å². The molecule has 25 heavy (non-hydrogen) atoms. The fourth-order valence-corrected chi connectivity index (χ4v) is 3.32. The molecule has 1 heterocycles. The molecule has 0 bridgehead atoms. The maximum absolute atomic E-state index is 11.4. The van der Waals surface area contributed by atoms with Gasteiger partial charge in [0.2, 0.25) is 11.8 Å². The minimum atomic E-state index is -0.916. The van der Waals surface area contributed by atoms with Gasteiger partial charge in [0.05, 0.1) is 27.8 Å². The summed E-state index contributed by atoms with van der Waals surface area (Å²) in [5.74, 6) is 1.25. The second-order valence-electron chi connectivity index (χ2n) is 5.37. The van der Waals surface area contributed by atoms with Crippen LogP contribution in [0.4, 0.5) is 5.69 Å². The number of hydrogen-bond acceptors (Lipinski definition) is 5. The van der Waals surface area contributed by atoms with Gasteiger partial charge in [0, 0.05) is 22.8 Å². The Bertz CT molecular complexity index is 914. The molecule has 1 aromatic heterocycles. The van der Waals surface area contributed by atoms with Gasteiger partial charge in [-0.25, -0.2) is 0 Å². The third-order valence-electron chi connectivity index (χ3n) is 3.40. The Morgan fingerprint density at radius 3 is 2.68 bits per heavy atom. The number of benzene rings is 2. The number of hydrogen-bond donors (Lipinski definition) is 1. The van der Waals surface area contributed by atoms with Crippen molar-refractivity contribution in [2.45, 2.75) is 12.3 Å². The van der Waals surface area contributed by atoms with E-state index in [-0.39, 0.29) is 0 Å². The number of nitrogens with one attached hydrogen (secondary N) is 1. The number of nitrogens with zero attached hydrogens (tertiary/aromatic N) is 2. The lowest BCUT2D eigenvalue weighted by molar-refractivity contribution is 0.515. The molecule has 0 radical (unpaired) electrons. The van der Waals surface area contributed by atoms with E-state index in [9.17, 15) is 4.21 Å². The van der Waals surface area contributed by atoms with Crippen molar-refractivity contribution in [1.82, 2.24) is 10.2 Å². The summed E-state index contributed by atoms with van der Waals surface area (Å²) in [6.45, 7) is 0.315. The summed E-state index contributed by atoms with van der Waals surface area (Å²) >= 11 is 12.3. The molecule has 5 nitrogen and oxygen atoms in total. The Morgan fingerprint density at radius 2 is 1.92 bits per heavy atom. The van der Waals surface area contributed by atoms with Crippen molar-refractivity contribution in [3.8, 4) is 11.5 Å². The lowest BCUT2D eigenvalue weighted by atomic mass is 10.2. The van der Waals surface area contributed by atoms with Crippen molar-refractivity contribution >= 4 is 39.7 Å². The van der Waals surface area contributed by atoms with Gasteiger partial charge in [0.25, 0.3) is 0 Å². The molecular formula is C17H15Cl2N3O2S. The van der Waals surface area contributed by atoms with Gasteiger partial charge < -0.3 is 9.73 Å². The van der Waals surface area contributed by atoms with E-state index in [0.29, 0.717) is 39.7 Å². The van der Waals surface area contributed by atoms with Crippen LogP contribution >= 0.6 is 23.2 Å². The Morgan fingerprint density at radius 1 is 1.12 bits per heavy atom. The molecule has 0 unspecified atom stereocenters. The molecule has 0 fully saturated rings. The summed E-state index contributed by atoms with van der Waals surface area (Å²) in [6, 6.07) is 12.8. The Balaban J connectivity index is 1.72. The van der Waals surface area contributed by atoms with Crippen molar-refractivity contribution in [3.05, 3.63) is 64.0 Å². The minimum Gasteiger partial charge on any atom is -0.419 e. The first kappa shape index (κ1) is 17.9. The van der Waals surface area contributed by atoms with Crippen molar-refractivity contribution in [2.75, 3.05) is 11.6 Å². The summed E-state index contributed by atoms with van der Waals surface area (Å²) in [5.41, 5.74) is 2.35. The van der Waals surface area contributed by atoms with Crippen LogP contribution in [0.5, 0.6) is 0 Å². The number of halogens is 2. The molecule has 0 aliphatic rings. The largest absolute Gasteiger partial charge is 0.419 e. The van der Waals surface area contributed by atoms with Crippen LogP contribution < -0.4 is 5.32 Å². The fraction of sp³-hybridized carbons (Fsp3) is 0.176. The number of anilines is 1. The summed E-state index contributed by atoms with van der Waals surface area (Å²) in [4.78, 5) is 0. The van der Waals surface area contributed by atoms with Crippen molar-refractivity contribution in [1.29, 1.82) is 0 Å². The number of aromatic nitrogens is 2. The summed E-state index contributed by atoms with van der Waals surface area (Å²) in [7, 11) is -0.916. The molecule has 0 saturated carbocycles. The van der Waals surface area contributed by atoms with Gasteiger partial charge in [-0.15, -0.1) is 10.2 Å². The standard InChI is InChI=1S/C17H15Cl2N3O2S/c1-25(23)10-11-6-7-14(19)15(8-11)20-9-16-21-22-17(24-16)12-4-2-3-5-13(12)18/h2-8,20H,9-10H2,1H3/t25-/m0/s1. The molecule has 3 aromatic rings. The first-order chi connectivity index (χ1) is 12.0. The Labute approximate surface area is 157 Å². The molecule has 0 saturated heterocycles. The van der Waals surface area contributed by atoms with E-state index >= 15 is 0 Å². The van der Waals surface area contributed by atoms with Gasteiger partial charge in [-0.1, -0.05) is 41.4 Å².